The molecule has 2 aromatic rings. The maximum absolute atomic E-state index is 6.26. The zero-order valence-corrected chi connectivity index (χ0v) is 13.1. The van der Waals surface area contributed by atoms with Crippen LogP contribution in [0, 0.1) is 0 Å². The fourth-order valence-corrected chi connectivity index (χ4v) is 2.32. The second-order valence-corrected chi connectivity index (χ2v) is 6.34. The number of imidazole rings is 1. The van der Waals surface area contributed by atoms with Gasteiger partial charge in [0, 0.05) is 30.8 Å². The van der Waals surface area contributed by atoms with Gasteiger partial charge in [0.25, 0.3) is 0 Å². The number of nitrogen functional groups attached to an aromatic ring is 1. The van der Waals surface area contributed by atoms with Crippen LogP contribution in [0.4, 0.5) is 5.82 Å². The van der Waals surface area contributed by atoms with Crippen molar-refractivity contribution < 1.29 is 0 Å². The van der Waals surface area contributed by atoms with E-state index in [9.17, 15) is 0 Å². The summed E-state index contributed by atoms with van der Waals surface area (Å²) in [6.45, 7) is 9.56. The largest absolute Gasteiger partial charge is 0.383 e. The van der Waals surface area contributed by atoms with Gasteiger partial charge in [0.1, 0.15) is 11.5 Å². The van der Waals surface area contributed by atoms with Crippen LogP contribution in [0.3, 0.4) is 0 Å². The highest BCUT2D eigenvalue weighted by molar-refractivity contribution is 5.72. The number of unbranched alkanes of at least 4 members (excludes halogenated alkanes) is 1. The third kappa shape index (κ3) is 2.71. The second kappa shape index (κ2) is 5.31. The molecule has 0 spiro atoms. The van der Waals surface area contributed by atoms with Crippen LogP contribution < -0.4 is 5.73 Å². The molecule has 0 radical (unpaired) electrons. The number of nitrogens with zero attached hydrogens (tertiary/aromatic N) is 4. The maximum atomic E-state index is 6.26. The lowest BCUT2D eigenvalue weighted by atomic mass is 9.89. The van der Waals surface area contributed by atoms with E-state index in [2.05, 4.69) is 37.8 Å². The van der Waals surface area contributed by atoms with Crippen LogP contribution in [0.1, 0.15) is 46.2 Å². The van der Waals surface area contributed by atoms with Crippen molar-refractivity contribution in [3.8, 4) is 11.3 Å². The Morgan fingerprint density at radius 1 is 1.30 bits per heavy atom. The van der Waals surface area contributed by atoms with Gasteiger partial charge in [-0.3, -0.25) is 4.68 Å². The van der Waals surface area contributed by atoms with Crippen LogP contribution in [0.5, 0.6) is 0 Å². The van der Waals surface area contributed by atoms with Crippen LogP contribution in [-0.2, 0) is 19.0 Å². The van der Waals surface area contributed by atoms with Crippen molar-refractivity contribution in [3.05, 3.63) is 18.2 Å². The number of nitrogens with two attached hydrogens (primary N) is 1. The number of anilines is 1. The summed E-state index contributed by atoms with van der Waals surface area (Å²) in [4.78, 5) is 4.51. The zero-order valence-electron chi connectivity index (χ0n) is 13.1. The molecule has 0 aliphatic rings. The van der Waals surface area contributed by atoms with E-state index in [0.29, 0.717) is 0 Å². The Kier molecular flexibility index (Phi) is 3.88. The van der Waals surface area contributed by atoms with Crippen molar-refractivity contribution in [2.45, 2.75) is 52.5 Å². The molecule has 2 N–H and O–H groups in total. The monoisotopic (exact) mass is 275 g/mol. The van der Waals surface area contributed by atoms with E-state index >= 15 is 0 Å². The molecule has 0 aromatic carbocycles. The summed E-state index contributed by atoms with van der Waals surface area (Å²) < 4.78 is 3.86. The van der Waals surface area contributed by atoms with Gasteiger partial charge in [0.15, 0.2) is 0 Å². The molecule has 110 valence electrons. The van der Waals surface area contributed by atoms with Crippen molar-refractivity contribution >= 4 is 5.82 Å². The summed E-state index contributed by atoms with van der Waals surface area (Å²) in [7, 11) is 1.93. The molecule has 0 saturated heterocycles. The summed E-state index contributed by atoms with van der Waals surface area (Å²) in [6, 6.07) is 0. The third-order valence-corrected chi connectivity index (χ3v) is 3.43. The third-order valence-electron chi connectivity index (χ3n) is 3.43. The first-order chi connectivity index (χ1) is 9.34. The standard InChI is InChI=1S/C15H25N5/c1-6-7-8-20-10-17-12(14(20)16)11-9-19(5)18-13(11)15(2,3)4/h9-10H,6-8,16H2,1-5H3. The van der Waals surface area contributed by atoms with Crippen LogP contribution in [0.25, 0.3) is 11.3 Å². The van der Waals surface area contributed by atoms with Crippen LogP contribution in [0.2, 0.25) is 0 Å². The molecule has 5 nitrogen and oxygen atoms in total. The summed E-state index contributed by atoms with van der Waals surface area (Å²) in [6.07, 6.45) is 6.09. The van der Waals surface area contributed by atoms with Gasteiger partial charge in [-0.1, -0.05) is 34.1 Å². The van der Waals surface area contributed by atoms with Crippen LogP contribution in [-0.4, -0.2) is 19.3 Å². The average Bonchev–Trinajstić information content (AvgIpc) is 2.90. The Morgan fingerprint density at radius 2 is 2.00 bits per heavy atom. The zero-order chi connectivity index (χ0) is 14.9. The molecule has 0 atom stereocenters. The Bertz CT molecular complexity index is 586. The summed E-state index contributed by atoms with van der Waals surface area (Å²) in [5, 5.41) is 4.58. The average molecular weight is 275 g/mol. The van der Waals surface area contributed by atoms with Crippen molar-refractivity contribution in [1.82, 2.24) is 19.3 Å². The van der Waals surface area contributed by atoms with Gasteiger partial charge < -0.3 is 10.3 Å². The van der Waals surface area contributed by atoms with Crippen LogP contribution >= 0.6 is 0 Å². The maximum Gasteiger partial charge on any atom is 0.131 e. The number of rotatable bonds is 4. The van der Waals surface area contributed by atoms with E-state index in [4.69, 9.17) is 5.73 Å². The van der Waals surface area contributed by atoms with Gasteiger partial charge in [-0.2, -0.15) is 5.10 Å². The topological polar surface area (TPSA) is 61.7 Å². The van der Waals surface area contributed by atoms with E-state index < -0.39 is 0 Å². The normalized spacial score (nSPS) is 12.1. The molecule has 0 amide bonds. The molecule has 5 heteroatoms. The lowest BCUT2D eigenvalue weighted by Crippen LogP contribution is -2.14. The molecule has 0 saturated carbocycles. The van der Waals surface area contributed by atoms with Gasteiger partial charge >= 0.3 is 0 Å². The fourth-order valence-electron chi connectivity index (χ4n) is 2.32. The Morgan fingerprint density at radius 3 is 2.60 bits per heavy atom. The highest BCUT2D eigenvalue weighted by Gasteiger charge is 2.25. The fraction of sp³-hybridized carbons (Fsp3) is 0.600. The molecule has 0 aliphatic heterocycles. The Labute approximate surface area is 120 Å². The highest BCUT2D eigenvalue weighted by Crippen LogP contribution is 2.33. The summed E-state index contributed by atoms with van der Waals surface area (Å²) in [5.74, 6) is 0.733. The van der Waals surface area contributed by atoms with E-state index in [1.165, 1.54) is 0 Å². The SMILES string of the molecule is CCCCn1cnc(-c2cn(C)nc2C(C)(C)C)c1N. The second-order valence-electron chi connectivity index (χ2n) is 6.34. The smallest absolute Gasteiger partial charge is 0.131 e. The Hall–Kier alpha value is -1.78. The van der Waals surface area contributed by atoms with Crippen LogP contribution in [0.15, 0.2) is 12.5 Å². The van der Waals surface area contributed by atoms with E-state index in [-0.39, 0.29) is 5.41 Å². The van der Waals surface area contributed by atoms with Crippen molar-refractivity contribution in [2.75, 3.05) is 5.73 Å². The lowest BCUT2D eigenvalue weighted by Gasteiger charge is -2.17. The summed E-state index contributed by atoms with van der Waals surface area (Å²) >= 11 is 0. The molecule has 0 bridgehead atoms. The first kappa shape index (κ1) is 14.6. The van der Waals surface area contributed by atoms with Crippen molar-refractivity contribution in [2.24, 2.45) is 7.05 Å². The predicted octanol–water partition coefficient (Wildman–Crippen LogP) is 2.96. The number of aryl methyl sites for hydroxylation is 2. The van der Waals surface area contributed by atoms with E-state index in [1.54, 1.807) is 0 Å². The van der Waals surface area contributed by atoms with Gasteiger partial charge in [0.05, 0.1) is 12.0 Å². The molecule has 0 unspecified atom stereocenters. The number of hydrogen-bond acceptors (Lipinski definition) is 3. The molecular weight excluding hydrogens is 250 g/mol. The predicted molar refractivity (Wildman–Crippen MR) is 82.4 cm³/mol. The molecule has 2 rings (SSSR count). The van der Waals surface area contributed by atoms with Gasteiger partial charge in [-0.05, 0) is 6.42 Å². The number of hydrogen-bond donors (Lipinski definition) is 1. The van der Waals surface area contributed by atoms with Gasteiger partial charge in [0.2, 0.25) is 0 Å². The molecule has 20 heavy (non-hydrogen) atoms. The first-order valence-corrected chi connectivity index (χ1v) is 7.19. The highest BCUT2D eigenvalue weighted by atomic mass is 15.3. The molecule has 0 fully saturated rings. The van der Waals surface area contributed by atoms with Crippen molar-refractivity contribution in [3.63, 3.8) is 0 Å². The minimum atomic E-state index is -0.0315. The molecule has 2 heterocycles. The van der Waals surface area contributed by atoms with Gasteiger partial charge in [-0.25, -0.2) is 4.98 Å². The summed E-state index contributed by atoms with van der Waals surface area (Å²) in [5.41, 5.74) is 9.15. The minimum Gasteiger partial charge on any atom is -0.383 e. The Balaban J connectivity index is 2.45. The van der Waals surface area contributed by atoms with E-state index in [1.807, 2.05) is 28.8 Å². The minimum absolute atomic E-state index is 0.0315. The van der Waals surface area contributed by atoms with Crippen molar-refractivity contribution in [1.29, 1.82) is 0 Å². The lowest BCUT2D eigenvalue weighted by molar-refractivity contribution is 0.554. The molecule has 0 aliphatic carbocycles. The van der Waals surface area contributed by atoms with Gasteiger partial charge in [-0.15, -0.1) is 0 Å². The van der Waals surface area contributed by atoms with E-state index in [0.717, 1.165) is 42.2 Å². The first-order valence-electron chi connectivity index (χ1n) is 7.19. The molecular formula is C15H25N5. The quantitative estimate of drug-likeness (QED) is 0.933. The number of aromatic nitrogens is 4. The molecule has 2 aromatic heterocycles.